The first-order valence-electron chi connectivity index (χ1n) is 6.84. The third-order valence-electron chi connectivity index (χ3n) is 3.14. The molecule has 0 bridgehead atoms. The number of hydrogen-bond acceptors (Lipinski definition) is 4. The van der Waals surface area contributed by atoms with E-state index >= 15 is 0 Å². The van der Waals surface area contributed by atoms with Crippen molar-refractivity contribution in [1.29, 1.82) is 0 Å². The van der Waals surface area contributed by atoms with E-state index in [2.05, 4.69) is 0 Å². The Labute approximate surface area is 122 Å². The van der Waals surface area contributed by atoms with Gasteiger partial charge in [-0.1, -0.05) is 23.7 Å². The second-order valence-corrected chi connectivity index (χ2v) is 5.97. The highest BCUT2D eigenvalue weighted by atomic mass is 32.1. The Hall–Kier alpha value is -1.62. The van der Waals surface area contributed by atoms with Crippen molar-refractivity contribution in [3.63, 3.8) is 0 Å². The molecule has 0 saturated heterocycles. The Kier molecular flexibility index (Phi) is 4.95. The molecule has 0 aliphatic heterocycles. The molecule has 2 rings (SSSR count). The molecule has 1 atom stereocenters. The first-order chi connectivity index (χ1) is 9.58. The Bertz CT molecular complexity index is 644. The summed E-state index contributed by atoms with van der Waals surface area (Å²) in [5.41, 5.74) is 0.0960. The van der Waals surface area contributed by atoms with Gasteiger partial charge >= 0.3 is 5.97 Å². The lowest BCUT2D eigenvalue weighted by molar-refractivity contribution is -0.145. The number of nitrogens with zero attached hydrogens (tertiary/aromatic N) is 1. The van der Waals surface area contributed by atoms with Crippen LogP contribution in [0.15, 0.2) is 29.1 Å². The molecule has 0 saturated carbocycles. The molecule has 0 amide bonds. The molecule has 0 N–H and O–H groups in total. The number of rotatable bonds is 6. The molecular formula is C15H19NO3S. The van der Waals surface area contributed by atoms with E-state index in [1.165, 1.54) is 18.5 Å². The van der Waals surface area contributed by atoms with Crippen molar-refractivity contribution in [3.8, 4) is 0 Å². The Morgan fingerprint density at radius 3 is 2.80 bits per heavy atom. The van der Waals surface area contributed by atoms with Gasteiger partial charge in [0.1, 0.15) is 0 Å². The molecular weight excluding hydrogens is 274 g/mol. The van der Waals surface area contributed by atoms with Crippen molar-refractivity contribution in [3.05, 3.63) is 34.6 Å². The summed E-state index contributed by atoms with van der Waals surface area (Å²) in [6.45, 7) is 4.05. The number of unbranched alkanes of at least 4 members (excludes halogenated alkanes) is 1. The van der Waals surface area contributed by atoms with Crippen LogP contribution < -0.4 is 5.56 Å². The van der Waals surface area contributed by atoms with Crippen LogP contribution in [0.5, 0.6) is 0 Å². The first-order valence-corrected chi connectivity index (χ1v) is 7.61. The molecule has 1 aromatic heterocycles. The summed E-state index contributed by atoms with van der Waals surface area (Å²) in [5, 5.41) is 0.797. The normalized spacial score (nSPS) is 12.5. The molecule has 0 aliphatic carbocycles. The summed E-state index contributed by atoms with van der Waals surface area (Å²) in [6.07, 6.45) is 2.64. The topological polar surface area (TPSA) is 48.3 Å². The molecule has 5 heteroatoms. The average molecular weight is 293 g/mol. The predicted molar refractivity (Wildman–Crippen MR) is 81.2 cm³/mol. The summed E-state index contributed by atoms with van der Waals surface area (Å²) in [6, 6.07) is 7.68. The van der Waals surface area contributed by atoms with Crippen LogP contribution in [0.2, 0.25) is 0 Å². The molecule has 0 unspecified atom stereocenters. The third kappa shape index (κ3) is 3.70. The van der Waals surface area contributed by atoms with E-state index in [1.807, 2.05) is 31.2 Å². The van der Waals surface area contributed by atoms with Crippen LogP contribution in [0.4, 0.5) is 0 Å². The van der Waals surface area contributed by atoms with Gasteiger partial charge < -0.3 is 4.74 Å². The van der Waals surface area contributed by atoms with E-state index in [0.29, 0.717) is 0 Å². The van der Waals surface area contributed by atoms with Gasteiger partial charge in [-0.05, 0) is 38.3 Å². The molecule has 0 aliphatic rings. The fourth-order valence-electron chi connectivity index (χ4n) is 2.19. The van der Waals surface area contributed by atoms with Crippen molar-refractivity contribution in [2.45, 2.75) is 45.8 Å². The average Bonchev–Trinajstić information content (AvgIpc) is 2.71. The Morgan fingerprint density at radius 1 is 1.35 bits per heavy atom. The molecule has 1 heterocycles. The van der Waals surface area contributed by atoms with Crippen molar-refractivity contribution in [2.24, 2.45) is 0 Å². The minimum absolute atomic E-state index is 0.0494. The van der Waals surface area contributed by atoms with Gasteiger partial charge in [-0.3, -0.25) is 13.5 Å². The lowest BCUT2D eigenvalue weighted by Gasteiger charge is -2.11. The molecule has 2 aromatic rings. The first kappa shape index (κ1) is 14.8. The summed E-state index contributed by atoms with van der Waals surface area (Å²) in [4.78, 5) is 22.9. The van der Waals surface area contributed by atoms with Gasteiger partial charge in [0, 0.05) is 13.5 Å². The van der Waals surface area contributed by atoms with E-state index in [4.69, 9.17) is 4.74 Å². The smallest absolute Gasteiger partial charge is 0.302 e. The molecule has 0 spiro atoms. The minimum Gasteiger partial charge on any atom is -0.463 e. The van der Waals surface area contributed by atoms with E-state index < -0.39 is 0 Å². The van der Waals surface area contributed by atoms with Gasteiger partial charge in [0.2, 0.25) is 0 Å². The van der Waals surface area contributed by atoms with Gasteiger partial charge in [-0.25, -0.2) is 0 Å². The van der Waals surface area contributed by atoms with Crippen LogP contribution in [-0.2, 0) is 16.1 Å². The molecule has 4 nitrogen and oxygen atoms in total. The highest BCUT2D eigenvalue weighted by Crippen LogP contribution is 2.16. The third-order valence-corrected chi connectivity index (χ3v) is 4.26. The summed E-state index contributed by atoms with van der Waals surface area (Å²) >= 11 is 1.51. The largest absolute Gasteiger partial charge is 0.463 e. The fraction of sp³-hybridized carbons (Fsp3) is 0.467. The van der Waals surface area contributed by atoms with Crippen LogP contribution in [-0.4, -0.2) is 16.0 Å². The number of esters is 1. The lowest BCUT2D eigenvalue weighted by Crippen LogP contribution is -2.14. The van der Waals surface area contributed by atoms with E-state index in [1.54, 1.807) is 3.96 Å². The van der Waals surface area contributed by atoms with Crippen LogP contribution >= 0.6 is 11.5 Å². The van der Waals surface area contributed by atoms with Gasteiger partial charge in [0.05, 0.1) is 16.2 Å². The van der Waals surface area contributed by atoms with Gasteiger partial charge in [0.15, 0.2) is 0 Å². The summed E-state index contributed by atoms with van der Waals surface area (Å²) in [5.74, 6) is -0.238. The second-order valence-electron chi connectivity index (χ2n) is 4.91. The monoisotopic (exact) mass is 293 g/mol. The quantitative estimate of drug-likeness (QED) is 0.607. The molecule has 1 aromatic carbocycles. The van der Waals surface area contributed by atoms with Crippen molar-refractivity contribution in [1.82, 2.24) is 3.96 Å². The van der Waals surface area contributed by atoms with Gasteiger partial charge in [-0.15, -0.1) is 0 Å². The standard InChI is InChI=1S/C15H19NO3S/c1-11(19-12(2)17)7-5-6-10-16-15(18)13-8-3-4-9-14(13)20-16/h3-4,8-9,11H,5-7,10H2,1-2H3/t11-/m1/s1. The highest BCUT2D eigenvalue weighted by Gasteiger charge is 2.08. The number of ether oxygens (including phenoxy) is 1. The predicted octanol–water partition coefficient (Wildman–Crippen LogP) is 3.18. The number of fused-ring (bicyclic) bond motifs is 1. The second kappa shape index (κ2) is 6.70. The summed E-state index contributed by atoms with van der Waals surface area (Å²) < 4.78 is 7.91. The van der Waals surface area contributed by atoms with Crippen LogP contribution in [0.1, 0.15) is 33.1 Å². The van der Waals surface area contributed by atoms with Crippen LogP contribution in [0.3, 0.4) is 0 Å². The molecule has 108 valence electrons. The van der Waals surface area contributed by atoms with E-state index in [0.717, 1.165) is 35.9 Å². The lowest BCUT2D eigenvalue weighted by atomic mass is 10.2. The molecule has 0 fully saturated rings. The van der Waals surface area contributed by atoms with Crippen molar-refractivity contribution in [2.75, 3.05) is 0 Å². The number of aryl methyl sites for hydroxylation is 1. The number of carbonyl (C=O) groups is 1. The SMILES string of the molecule is CC(=O)O[C@H](C)CCCCn1sc2ccccc2c1=O. The zero-order chi connectivity index (χ0) is 14.5. The Balaban J connectivity index is 1.86. The zero-order valence-corrected chi connectivity index (χ0v) is 12.6. The highest BCUT2D eigenvalue weighted by molar-refractivity contribution is 7.13. The molecule has 20 heavy (non-hydrogen) atoms. The number of aromatic nitrogens is 1. The van der Waals surface area contributed by atoms with Crippen LogP contribution in [0, 0.1) is 0 Å². The van der Waals surface area contributed by atoms with Crippen molar-refractivity contribution < 1.29 is 9.53 Å². The molecule has 0 radical (unpaired) electrons. The number of benzene rings is 1. The zero-order valence-electron chi connectivity index (χ0n) is 11.8. The maximum Gasteiger partial charge on any atom is 0.302 e. The number of carbonyl (C=O) groups excluding carboxylic acids is 1. The van der Waals surface area contributed by atoms with E-state index in [-0.39, 0.29) is 17.6 Å². The van der Waals surface area contributed by atoms with E-state index in [9.17, 15) is 9.59 Å². The fourth-order valence-corrected chi connectivity index (χ4v) is 3.23. The van der Waals surface area contributed by atoms with Gasteiger partial charge in [-0.2, -0.15) is 0 Å². The maximum atomic E-state index is 12.1. The van der Waals surface area contributed by atoms with Crippen molar-refractivity contribution >= 4 is 27.6 Å². The number of hydrogen-bond donors (Lipinski definition) is 0. The maximum absolute atomic E-state index is 12.1. The minimum atomic E-state index is -0.238. The van der Waals surface area contributed by atoms with Gasteiger partial charge in [0.25, 0.3) is 5.56 Å². The Morgan fingerprint density at radius 2 is 2.10 bits per heavy atom. The summed E-state index contributed by atoms with van der Waals surface area (Å²) in [7, 11) is 0. The van der Waals surface area contributed by atoms with Crippen LogP contribution in [0.25, 0.3) is 10.1 Å².